The number of sulfone groups is 1. The molecule has 1 unspecified atom stereocenters. The molecule has 2 rings (SSSR count). The number of aryl methyl sites for hydroxylation is 1. The van der Waals surface area contributed by atoms with Crippen molar-refractivity contribution in [2.45, 2.75) is 29.9 Å². The summed E-state index contributed by atoms with van der Waals surface area (Å²) >= 11 is 5.83. The summed E-state index contributed by atoms with van der Waals surface area (Å²) in [4.78, 5) is 0.0137. The molecule has 1 aliphatic heterocycles. The first-order chi connectivity index (χ1) is 9.63. The molecule has 9 heteroatoms. The van der Waals surface area contributed by atoms with E-state index in [1.807, 2.05) is 0 Å². The molecule has 1 heterocycles. The van der Waals surface area contributed by atoms with Crippen LogP contribution in [0.15, 0.2) is 17.0 Å². The summed E-state index contributed by atoms with van der Waals surface area (Å²) < 4.78 is 50.3. The van der Waals surface area contributed by atoms with Crippen molar-refractivity contribution in [2.75, 3.05) is 18.0 Å². The molecule has 0 radical (unpaired) electrons. The van der Waals surface area contributed by atoms with E-state index in [0.29, 0.717) is 18.4 Å². The van der Waals surface area contributed by atoms with Gasteiger partial charge in [-0.25, -0.2) is 21.6 Å². The number of halogens is 1. The van der Waals surface area contributed by atoms with Gasteiger partial charge in [-0.1, -0.05) is 11.6 Å². The molecule has 0 aromatic heterocycles. The highest BCUT2D eigenvalue weighted by molar-refractivity contribution is 7.92. The maximum Gasteiger partial charge on any atom is 0.240 e. The highest BCUT2D eigenvalue weighted by Gasteiger charge is 2.32. The van der Waals surface area contributed by atoms with E-state index in [4.69, 9.17) is 17.3 Å². The normalized spacial score (nSPS) is 21.5. The Bertz CT molecular complexity index is 760. The molecule has 1 aliphatic rings. The van der Waals surface area contributed by atoms with E-state index in [9.17, 15) is 16.8 Å². The van der Waals surface area contributed by atoms with Gasteiger partial charge in [0.05, 0.1) is 26.6 Å². The van der Waals surface area contributed by atoms with Crippen LogP contribution in [0.1, 0.15) is 18.4 Å². The first-order valence-electron chi connectivity index (χ1n) is 6.40. The van der Waals surface area contributed by atoms with Gasteiger partial charge in [-0.15, -0.1) is 0 Å². The molecule has 1 saturated heterocycles. The summed E-state index contributed by atoms with van der Waals surface area (Å²) in [6.45, 7) is 1.48. The van der Waals surface area contributed by atoms with Gasteiger partial charge in [-0.2, -0.15) is 0 Å². The average molecular weight is 353 g/mol. The van der Waals surface area contributed by atoms with Crippen LogP contribution >= 0.6 is 11.6 Å². The van der Waals surface area contributed by atoms with Crippen LogP contribution in [0.5, 0.6) is 0 Å². The first kappa shape index (κ1) is 16.5. The number of hydrogen-bond acceptors (Lipinski definition) is 5. The number of rotatable bonds is 4. The fraction of sp³-hybridized carbons (Fsp3) is 0.500. The minimum atomic E-state index is -3.82. The summed E-state index contributed by atoms with van der Waals surface area (Å²) in [5.41, 5.74) is 6.25. The van der Waals surface area contributed by atoms with Gasteiger partial charge < -0.3 is 5.73 Å². The molecule has 0 spiro atoms. The number of nitrogen functional groups attached to an aromatic ring is 1. The summed E-state index contributed by atoms with van der Waals surface area (Å²) in [6, 6.07) is 2.75. The summed E-state index contributed by atoms with van der Waals surface area (Å²) in [5, 5.41) is -0.373. The van der Waals surface area contributed by atoms with Crippen LogP contribution in [-0.2, 0) is 19.9 Å². The summed E-state index contributed by atoms with van der Waals surface area (Å²) in [7, 11) is -7.01. The van der Waals surface area contributed by atoms with Crippen LogP contribution in [0.4, 0.5) is 5.69 Å². The molecule has 21 heavy (non-hydrogen) atoms. The van der Waals surface area contributed by atoms with Gasteiger partial charge in [0.15, 0.2) is 9.84 Å². The lowest BCUT2D eigenvalue weighted by Crippen LogP contribution is -2.34. The standard InChI is InChI=1S/C12H17ClN2O4S2/c1-8-5-10(13)11(14)6-12(8)21(18,19)15-7-9-3-2-4-20(9,16)17/h5-6,9,15H,2-4,7,14H2,1H3. The number of benzene rings is 1. The molecule has 1 aromatic rings. The zero-order valence-corrected chi connectivity index (χ0v) is 13.9. The summed E-state index contributed by atoms with van der Waals surface area (Å²) in [5.74, 6) is 0.117. The van der Waals surface area contributed by atoms with Crippen molar-refractivity contribution in [3.05, 3.63) is 22.7 Å². The molecule has 0 saturated carbocycles. The third-order valence-electron chi connectivity index (χ3n) is 3.55. The van der Waals surface area contributed by atoms with E-state index in [0.717, 1.165) is 0 Å². The van der Waals surface area contributed by atoms with Gasteiger partial charge in [0.25, 0.3) is 0 Å². The van der Waals surface area contributed by atoms with E-state index in [1.165, 1.54) is 12.1 Å². The van der Waals surface area contributed by atoms with E-state index < -0.39 is 25.1 Å². The van der Waals surface area contributed by atoms with Crippen molar-refractivity contribution < 1.29 is 16.8 Å². The molecule has 0 aliphatic carbocycles. The molecule has 0 bridgehead atoms. The Morgan fingerprint density at radius 3 is 2.67 bits per heavy atom. The molecular formula is C12H17ClN2O4S2. The van der Waals surface area contributed by atoms with E-state index in [1.54, 1.807) is 6.92 Å². The average Bonchev–Trinajstić information content (AvgIpc) is 2.70. The fourth-order valence-corrected chi connectivity index (χ4v) is 5.76. The van der Waals surface area contributed by atoms with Gasteiger partial charge >= 0.3 is 0 Å². The van der Waals surface area contributed by atoms with Crippen molar-refractivity contribution in [2.24, 2.45) is 0 Å². The molecule has 3 N–H and O–H groups in total. The highest BCUT2D eigenvalue weighted by Crippen LogP contribution is 2.26. The Kier molecular flexibility index (Phi) is 4.53. The van der Waals surface area contributed by atoms with E-state index >= 15 is 0 Å². The van der Waals surface area contributed by atoms with Gasteiger partial charge in [0.1, 0.15) is 0 Å². The maximum atomic E-state index is 12.3. The molecule has 1 aromatic carbocycles. The van der Waals surface area contributed by atoms with Crippen LogP contribution in [-0.4, -0.2) is 34.4 Å². The zero-order chi connectivity index (χ0) is 15.8. The number of nitrogens with one attached hydrogen (secondary N) is 1. The second-order valence-electron chi connectivity index (χ2n) is 5.12. The van der Waals surface area contributed by atoms with Crippen LogP contribution in [0.25, 0.3) is 0 Å². The molecule has 6 nitrogen and oxygen atoms in total. The van der Waals surface area contributed by atoms with Crippen molar-refractivity contribution >= 4 is 37.1 Å². The lowest BCUT2D eigenvalue weighted by atomic mass is 10.2. The van der Waals surface area contributed by atoms with Gasteiger partial charge in [0, 0.05) is 6.54 Å². The zero-order valence-electron chi connectivity index (χ0n) is 11.5. The van der Waals surface area contributed by atoms with Gasteiger partial charge in [0.2, 0.25) is 10.0 Å². The number of hydrogen-bond donors (Lipinski definition) is 2. The second-order valence-corrected chi connectivity index (χ2v) is 9.67. The Labute approximate surface area is 129 Å². The van der Waals surface area contributed by atoms with Crippen LogP contribution in [0.2, 0.25) is 5.02 Å². The fourth-order valence-electron chi connectivity index (χ4n) is 2.33. The number of sulfonamides is 1. The summed E-state index contributed by atoms with van der Waals surface area (Å²) in [6.07, 6.45) is 1.05. The van der Waals surface area contributed by atoms with E-state index in [2.05, 4.69) is 4.72 Å². The Morgan fingerprint density at radius 2 is 2.10 bits per heavy atom. The molecule has 1 fully saturated rings. The largest absolute Gasteiger partial charge is 0.397 e. The number of nitrogens with two attached hydrogens (primary N) is 1. The minimum Gasteiger partial charge on any atom is -0.397 e. The lowest BCUT2D eigenvalue weighted by Gasteiger charge is -2.13. The molecule has 0 amide bonds. The molecule has 1 atom stereocenters. The quantitative estimate of drug-likeness (QED) is 0.789. The lowest BCUT2D eigenvalue weighted by molar-refractivity contribution is 0.570. The number of anilines is 1. The van der Waals surface area contributed by atoms with Crippen molar-refractivity contribution in [3.63, 3.8) is 0 Å². The minimum absolute atomic E-state index is 0.0137. The van der Waals surface area contributed by atoms with Gasteiger partial charge in [-0.05, 0) is 37.5 Å². The van der Waals surface area contributed by atoms with Crippen LogP contribution < -0.4 is 10.5 Å². The SMILES string of the molecule is Cc1cc(Cl)c(N)cc1S(=O)(=O)NCC1CCCS1(=O)=O. The highest BCUT2D eigenvalue weighted by atomic mass is 35.5. The third kappa shape index (κ3) is 3.50. The Balaban J connectivity index is 2.22. The first-order valence-corrected chi connectivity index (χ1v) is 9.98. The van der Waals surface area contributed by atoms with Crippen molar-refractivity contribution in [3.8, 4) is 0 Å². The topological polar surface area (TPSA) is 106 Å². The Hall–Kier alpha value is -0.830. The van der Waals surface area contributed by atoms with Crippen LogP contribution in [0.3, 0.4) is 0 Å². The predicted octanol–water partition coefficient (Wildman–Crippen LogP) is 1.09. The second kappa shape index (κ2) is 5.75. The predicted molar refractivity (Wildman–Crippen MR) is 82.6 cm³/mol. The molecule has 118 valence electrons. The smallest absolute Gasteiger partial charge is 0.240 e. The van der Waals surface area contributed by atoms with E-state index in [-0.39, 0.29) is 27.9 Å². The Morgan fingerprint density at radius 1 is 1.43 bits per heavy atom. The monoisotopic (exact) mass is 352 g/mol. The van der Waals surface area contributed by atoms with Crippen molar-refractivity contribution in [1.82, 2.24) is 4.72 Å². The van der Waals surface area contributed by atoms with Crippen molar-refractivity contribution in [1.29, 1.82) is 0 Å². The maximum absolute atomic E-state index is 12.3. The van der Waals surface area contributed by atoms with Gasteiger partial charge in [-0.3, -0.25) is 0 Å². The third-order valence-corrected chi connectivity index (χ3v) is 7.72. The molecular weight excluding hydrogens is 336 g/mol. The van der Waals surface area contributed by atoms with Crippen LogP contribution in [0, 0.1) is 6.92 Å².